The van der Waals surface area contributed by atoms with Crippen LogP contribution in [0.4, 0.5) is 5.69 Å². The summed E-state index contributed by atoms with van der Waals surface area (Å²) in [4.78, 5) is 12.3. The Morgan fingerprint density at radius 1 is 1.09 bits per heavy atom. The fourth-order valence-electron chi connectivity index (χ4n) is 3.18. The molecule has 3 aromatic rings. The van der Waals surface area contributed by atoms with Gasteiger partial charge in [-0.1, -0.05) is 29.4 Å². The second kappa shape index (κ2) is 12.5. The standard InChI is InChI=1S/C23H27ClN4O4S/c1-30-12-5-11-28-22(16-8-9-19(31-2)20(14-16)32-3)26-27-23(28)33-13-10-21(29)25-18-7-4-6-17(24)15-18/h4,6-9,14-15H,5,10-13H2,1-3H3,(H,25,29). The quantitative estimate of drug-likeness (QED) is 0.289. The molecule has 0 atom stereocenters. The van der Waals surface area contributed by atoms with Crippen molar-refractivity contribution in [2.24, 2.45) is 0 Å². The first kappa shape index (κ1) is 24.9. The van der Waals surface area contributed by atoms with Crippen LogP contribution in [0.2, 0.25) is 5.02 Å². The summed E-state index contributed by atoms with van der Waals surface area (Å²) in [5, 5.41) is 13.0. The minimum Gasteiger partial charge on any atom is -0.493 e. The molecule has 0 aliphatic rings. The second-order valence-electron chi connectivity index (χ2n) is 7.03. The SMILES string of the molecule is COCCCn1c(SCCC(=O)Nc2cccc(Cl)c2)nnc1-c1ccc(OC)c(OC)c1. The summed E-state index contributed by atoms with van der Waals surface area (Å²) in [6, 6.07) is 12.7. The Morgan fingerprint density at radius 2 is 1.91 bits per heavy atom. The number of nitrogens with zero attached hydrogens (tertiary/aromatic N) is 3. The van der Waals surface area contributed by atoms with E-state index in [0.717, 1.165) is 23.0 Å². The first-order chi connectivity index (χ1) is 16.0. The predicted molar refractivity (Wildman–Crippen MR) is 130 cm³/mol. The molecule has 3 rings (SSSR count). The van der Waals surface area contributed by atoms with Crippen molar-refractivity contribution < 1.29 is 19.0 Å². The summed E-state index contributed by atoms with van der Waals surface area (Å²) in [6.45, 7) is 1.30. The molecule has 33 heavy (non-hydrogen) atoms. The molecule has 1 heterocycles. The van der Waals surface area contributed by atoms with E-state index in [1.807, 2.05) is 22.8 Å². The van der Waals surface area contributed by atoms with Crippen LogP contribution < -0.4 is 14.8 Å². The number of amides is 1. The van der Waals surface area contributed by atoms with E-state index in [9.17, 15) is 4.79 Å². The summed E-state index contributed by atoms with van der Waals surface area (Å²) in [6.07, 6.45) is 1.13. The summed E-state index contributed by atoms with van der Waals surface area (Å²) in [5.41, 5.74) is 1.54. The number of anilines is 1. The van der Waals surface area contributed by atoms with Crippen LogP contribution in [0.15, 0.2) is 47.6 Å². The lowest BCUT2D eigenvalue weighted by Gasteiger charge is -2.12. The molecular formula is C23H27ClN4O4S. The highest BCUT2D eigenvalue weighted by Gasteiger charge is 2.17. The van der Waals surface area contributed by atoms with Crippen molar-refractivity contribution in [3.8, 4) is 22.9 Å². The normalized spacial score (nSPS) is 10.8. The van der Waals surface area contributed by atoms with Gasteiger partial charge in [-0.2, -0.15) is 0 Å². The largest absolute Gasteiger partial charge is 0.493 e. The van der Waals surface area contributed by atoms with Crippen LogP contribution in [-0.4, -0.2) is 54.4 Å². The van der Waals surface area contributed by atoms with Gasteiger partial charge < -0.3 is 24.1 Å². The number of carbonyl (C=O) groups is 1. The zero-order valence-corrected chi connectivity index (χ0v) is 20.4. The maximum Gasteiger partial charge on any atom is 0.225 e. The average Bonchev–Trinajstić information content (AvgIpc) is 3.21. The molecule has 0 aliphatic carbocycles. The number of halogens is 1. The Labute approximate surface area is 202 Å². The van der Waals surface area contributed by atoms with Crippen molar-refractivity contribution in [3.63, 3.8) is 0 Å². The van der Waals surface area contributed by atoms with Crippen LogP contribution in [0.5, 0.6) is 11.5 Å². The zero-order valence-electron chi connectivity index (χ0n) is 18.8. The number of rotatable bonds is 12. The third kappa shape index (κ3) is 6.86. The highest BCUT2D eigenvalue weighted by atomic mass is 35.5. The number of aromatic nitrogens is 3. The molecule has 0 spiro atoms. The fraction of sp³-hybridized carbons (Fsp3) is 0.348. The van der Waals surface area contributed by atoms with Gasteiger partial charge >= 0.3 is 0 Å². The van der Waals surface area contributed by atoms with E-state index in [-0.39, 0.29) is 5.91 Å². The number of carbonyl (C=O) groups excluding carboxylic acids is 1. The van der Waals surface area contributed by atoms with Crippen molar-refractivity contribution in [1.29, 1.82) is 0 Å². The van der Waals surface area contributed by atoms with Crippen LogP contribution in [0.25, 0.3) is 11.4 Å². The van der Waals surface area contributed by atoms with Gasteiger partial charge in [-0.3, -0.25) is 4.79 Å². The van der Waals surface area contributed by atoms with Gasteiger partial charge in [-0.05, 0) is 42.8 Å². The van der Waals surface area contributed by atoms with E-state index in [1.54, 1.807) is 45.6 Å². The van der Waals surface area contributed by atoms with Crippen LogP contribution >= 0.6 is 23.4 Å². The minimum absolute atomic E-state index is 0.0877. The van der Waals surface area contributed by atoms with E-state index < -0.39 is 0 Å². The molecule has 0 saturated carbocycles. The van der Waals surface area contributed by atoms with Crippen molar-refractivity contribution in [2.45, 2.75) is 24.5 Å². The smallest absolute Gasteiger partial charge is 0.225 e. The van der Waals surface area contributed by atoms with Gasteiger partial charge in [0.15, 0.2) is 22.5 Å². The number of ether oxygens (including phenoxy) is 3. The fourth-order valence-corrected chi connectivity index (χ4v) is 4.27. The van der Waals surface area contributed by atoms with Gasteiger partial charge in [0.1, 0.15) is 0 Å². The van der Waals surface area contributed by atoms with Gasteiger partial charge in [0.05, 0.1) is 14.2 Å². The molecule has 0 radical (unpaired) electrons. The molecule has 1 amide bonds. The van der Waals surface area contributed by atoms with Gasteiger partial charge in [0, 0.05) is 48.7 Å². The number of thioether (sulfide) groups is 1. The van der Waals surface area contributed by atoms with Crippen molar-refractivity contribution in [2.75, 3.05) is 39.0 Å². The number of hydrogen-bond donors (Lipinski definition) is 1. The van der Waals surface area contributed by atoms with E-state index in [0.29, 0.717) is 47.5 Å². The Balaban J connectivity index is 1.71. The van der Waals surface area contributed by atoms with Crippen LogP contribution in [0, 0.1) is 0 Å². The average molecular weight is 491 g/mol. The minimum atomic E-state index is -0.0877. The highest BCUT2D eigenvalue weighted by Crippen LogP contribution is 2.33. The topological polar surface area (TPSA) is 87.5 Å². The molecule has 0 saturated heterocycles. The Bertz CT molecular complexity index is 1080. The monoisotopic (exact) mass is 490 g/mol. The van der Waals surface area contributed by atoms with E-state index >= 15 is 0 Å². The Morgan fingerprint density at radius 3 is 2.64 bits per heavy atom. The highest BCUT2D eigenvalue weighted by molar-refractivity contribution is 7.99. The van der Waals surface area contributed by atoms with Gasteiger partial charge in [-0.25, -0.2) is 0 Å². The molecule has 0 bridgehead atoms. The lowest BCUT2D eigenvalue weighted by molar-refractivity contribution is -0.115. The number of methoxy groups -OCH3 is 3. The second-order valence-corrected chi connectivity index (χ2v) is 8.53. The number of benzene rings is 2. The van der Waals surface area contributed by atoms with Gasteiger partial charge in [-0.15, -0.1) is 10.2 Å². The molecule has 0 unspecified atom stereocenters. The third-order valence-corrected chi connectivity index (χ3v) is 5.96. The lowest BCUT2D eigenvalue weighted by atomic mass is 10.2. The molecular weight excluding hydrogens is 464 g/mol. The Kier molecular flexibility index (Phi) is 9.41. The van der Waals surface area contributed by atoms with Crippen molar-refractivity contribution >= 4 is 35.0 Å². The third-order valence-electron chi connectivity index (χ3n) is 4.76. The Hall–Kier alpha value is -2.75. The number of hydrogen-bond acceptors (Lipinski definition) is 7. The summed E-state index contributed by atoms with van der Waals surface area (Å²) >= 11 is 7.46. The predicted octanol–water partition coefficient (Wildman–Crippen LogP) is 4.77. The van der Waals surface area contributed by atoms with E-state index in [2.05, 4.69) is 15.5 Å². The summed E-state index contributed by atoms with van der Waals surface area (Å²) in [7, 11) is 4.87. The van der Waals surface area contributed by atoms with Crippen LogP contribution in [0.3, 0.4) is 0 Å². The van der Waals surface area contributed by atoms with Crippen molar-refractivity contribution in [1.82, 2.24) is 14.8 Å². The van der Waals surface area contributed by atoms with E-state index in [4.69, 9.17) is 25.8 Å². The first-order valence-electron chi connectivity index (χ1n) is 10.4. The molecule has 1 aromatic heterocycles. The van der Waals surface area contributed by atoms with Crippen LogP contribution in [-0.2, 0) is 16.1 Å². The van der Waals surface area contributed by atoms with E-state index in [1.165, 1.54) is 11.8 Å². The maximum atomic E-state index is 12.3. The molecule has 0 fully saturated rings. The molecule has 2 aromatic carbocycles. The van der Waals surface area contributed by atoms with Gasteiger partial charge in [0.25, 0.3) is 0 Å². The van der Waals surface area contributed by atoms with Crippen LogP contribution in [0.1, 0.15) is 12.8 Å². The molecule has 8 nitrogen and oxygen atoms in total. The molecule has 176 valence electrons. The molecule has 1 N–H and O–H groups in total. The lowest BCUT2D eigenvalue weighted by Crippen LogP contribution is -2.12. The maximum absolute atomic E-state index is 12.3. The van der Waals surface area contributed by atoms with Gasteiger partial charge in [0.2, 0.25) is 5.91 Å². The molecule has 10 heteroatoms. The first-order valence-corrected chi connectivity index (χ1v) is 11.7. The summed E-state index contributed by atoms with van der Waals surface area (Å²) < 4.78 is 18.0. The van der Waals surface area contributed by atoms with Crippen molar-refractivity contribution in [3.05, 3.63) is 47.5 Å². The summed E-state index contributed by atoms with van der Waals surface area (Å²) in [5.74, 6) is 2.45. The zero-order chi connectivity index (χ0) is 23.6. The molecule has 0 aliphatic heterocycles. The number of nitrogens with one attached hydrogen (secondary N) is 1.